The van der Waals surface area contributed by atoms with Crippen LogP contribution in [0.15, 0.2) is 240 Å². The van der Waals surface area contributed by atoms with Crippen molar-refractivity contribution in [3.63, 3.8) is 0 Å². The number of anilines is 6. The first-order valence-corrected chi connectivity index (χ1v) is 23.5. The number of hydrogen-bond acceptors (Lipinski definition) is 6. The van der Waals surface area contributed by atoms with Gasteiger partial charge in [0.05, 0.1) is 18.7 Å². The molecule has 0 aromatic heterocycles. The van der Waals surface area contributed by atoms with Gasteiger partial charge in [-0.15, -0.1) is 0 Å². The minimum absolute atomic E-state index is 0.0332. The van der Waals surface area contributed by atoms with E-state index in [0.717, 1.165) is 67.7 Å². The molecule has 2 heterocycles. The molecule has 2 aliphatic heterocycles. The summed E-state index contributed by atoms with van der Waals surface area (Å²) in [6.07, 6.45) is 15.3. The normalized spacial score (nSPS) is 15.2. The smallest absolute Gasteiger partial charge is 0.269 e. The lowest BCUT2D eigenvalue weighted by Crippen LogP contribution is -2.15. The Morgan fingerprint density at radius 1 is 0.465 bits per heavy atom. The summed E-state index contributed by atoms with van der Waals surface area (Å²) in [5, 5.41) is 19.2. The van der Waals surface area contributed by atoms with Gasteiger partial charge in [-0.25, -0.2) is 10.1 Å². The van der Waals surface area contributed by atoms with Crippen LogP contribution in [0.1, 0.15) is 59.6 Å². The van der Waals surface area contributed by atoms with Crippen molar-refractivity contribution in [1.29, 1.82) is 10.5 Å². The lowest BCUT2D eigenvalue weighted by molar-refractivity contribution is 0.223. The molecule has 0 unspecified atom stereocenters. The molecule has 0 spiro atoms. The second-order valence-corrected chi connectivity index (χ2v) is 19.3. The Kier molecular flexibility index (Phi) is 14.3. The first kappa shape index (κ1) is 48.4. The van der Waals surface area contributed by atoms with E-state index in [9.17, 15) is 10.5 Å². The van der Waals surface area contributed by atoms with E-state index in [0.29, 0.717) is 28.4 Å². The summed E-state index contributed by atoms with van der Waals surface area (Å²) in [6.45, 7) is 21.7. The lowest BCUT2D eigenvalue weighted by atomic mass is 9.90. The Morgan fingerprint density at radius 3 is 1.17 bits per heavy atom. The highest BCUT2D eigenvalue weighted by Gasteiger charge is 2.25. The molecule has 0 bridgehead atoms. The summed E-state index contributed by atoms with van der Waals surface area (Å²) in [6, 6.07) is 59.2. The first-order valence-electron chi connectivity index (χ1n) is 23.5. The van der Waals surface area contributed by atoms with E-state index in [2.05, 4.69) is 175 Å². The van der Waals surface area contributed by atoms with Crippen LogP contribution in [0.4, 0.5) is 34.1 Å². The maximum absolute atomic E-state index is 9.60. The van der Waals surface area contributed by atoms with Crippen LogP contribution in [-0.4, -0.2) is 0 Å². The van der Waals surface area contributed by atoms with E-state index < -0.39 is 0 Å². The summed E-state index contributed by atoms with van der Waals surface area (Å²) < 4.78 is 12.5. The number of para-hydroxylation sites is 2. The van der Waals surface area contributed by atoms with Gasteiger partial charge >= 0.3 is 0 Å². The van der Waals surface area contributed by atoms with Gasteiger partial charge in [-0.1, -0.05) is 139 Å². The topological polar surface area (TPSA) is 76.9 Å². The van der Waals surface area contributed by atoms with Gasteiger partial charge in [0.2, 0.25) is 0 Å². The molecule has 0 atom stereocenters. The third-order valence-corrected chi connectivity index (χ3v) is 12.0. The fourth-order valence-electron chi connectivity index (χ4n) is 8.00. The Morgan fingerprint density at radius 2 is 0.817 bits per heavy atom. The number of nitrogens with zero attached hydrogens (tertiary/aromatic N) is 5. The highest BCUT2D eigenvalue weighted by atomic mass is 16.5. The molecular formula is C64H55N5O2. The molecule has 0 radical (unpaired) electrons. The van der Waals surface area contributed by atoms with Crippen LogP contribution in [0.3, 0.4) is 0 Å². The highest BCUT2D eigenvalue weighted by Crippen LogP contribution is 2.40. The minimum Gasteiger partial charge on any atom is -0.461 e. The van der Waals surface area contributed by atoms with Crippen molar-refractivity contribution in [3.8, 4) is 23.3 Å². The van der Waals surface area contributed by atoms with Gasteiger partial charge in [0.1, 0.15) is 23.0 Å². The molecule has 0 saturated carbocycles. The zero-order chi connectivity index (χ0) is 50.1. The summed E-state index contributed by atoms with van der Waals surface area (Å²) in [4.78, 5) is 7.93. The molecule has 6 aromatic rings. The molecule has 2 aliphatic rings. The van der Waals surface area contributed by atoms with Crippen LogP contribution in [0.5, 0.6) is 0 Å². The molecule has 0 amide bonds. The molecular weight excluding hydrogens is 871 g/mol. The standard InChI is InChI=1S/C64H55N5O2/c1-45(43-65)50-39-58(70-61(41-50)63(2,3)4)37-23-46-19-29-54(30-20-46)68(52-15-11-9-12-16-52)56-33-25-48(26-34-56)49-27-35-57(36-28-49)69(53-17-13-10-14-18-53)55-31-21-47(22-32-55)24-38-59-40-51(60(44-66)67-8)42-62(71-59)64(5,6)7/h9-42H,1-7H3/b37-23+,38-24+,50-45+,60-51+. The number of rotatable bonds is 11. The number of allylic oxidation sites excluding steroid dienone is 12. The summed E-state index contributed by atoms with van der Waals surface area (Å²) >= 11 is 0. The van der Waals surface area contributed by atoms with E-state index >= 15 is 0 Å². The van der Waals surface area contributed by atoms with E-state index in [-0.39, 0.29) is 16.5 Å². The van der Waals surface area contributed by atoms with Gasteiger partial charge in [0.15, 0.2) is 0 Å². The zero-order valence-electron chi connectivity index (χ0n) is 41.2. The van der Waals surface area contributed by atoms with Crippen LogP contribution < -0.4 is 9.80 Å². The van der Waals surface area contributed by atoms with Crippen LogP contribution in [0, 0.1) is 40.1 Å². The Labute approximate surface area is 419 Å². The molecule has 0 saturated heterocycles. The van der Waals surface area contributed by atoms with Crippen LogP contribution in [0.2, 0.25) is 0 Å². The Bertz CT molecular complexity index is 3280. The van der Waals surface area contributed by atoms with Crippen LogP contribution in [0.25, 0.3) is 28.1 Å². The third kappa shape index (κ3) is 11.6. The molecule has 6 aromatic carbocycles. The zero-order valence-corrected chi connectivity index (χ0v) is 41.2. The first-order chi connectivity index (χ1) is 34.2. The van der Waals surface area contributed by atoms with Gasteiger partial charge in [-0.05, 0) is 150 Å². The summed E-state index contributed by atoms with van der Waals surface area (Å²) in [5.41, 5.74) is 11.9. The highest BCUT2D eigenvalue weighted by molar-refractivity contribution is 5.81. The summed E-state index contributed by atoms with van der Waals surface area (Å²) in [7, 11) is 0. The van der Waals surface area contributed by atoms with Gasteiger partial charge in [0, 0.05) is 50.5 Å². The molecule has 7 heteroatoms. The molecule has 348 valence electrons. The maximum Gasteiger partial charge on any atom is 0.269 e. The van der Waals surface area contributed by atoms with Crippen molar-refractivity contribution < 1.29 is 9.47 Å². The van der Waals surface area contributed by atoms with Crippen molar-refractivity contribution in [2.45, 2.75) is 48.5 Å². The van der Waals surface area contributed by atoms with E-state index in [1.165, 1.54) is 0 Å². The minimum atomic E-state index is -0.310. The van der Waals surface area contributed by atoms with Crippen molar-refractivity contribution >= 4 is 46.3 Å². The fraction of sp³-hybridized carbons (Fsp3) is 0.141. The molecule has 0 aliphatic carbocycles. The van der Waals surface area contributed by atoms with E-state index in [1.807, 2.05) is 94.5 Å². The number of benzene rings is 6. The SMILES string of the molecule is [C-]#[N+]/C(C#N)=C1C=C(/C=C/c2ccc(N(c3ccccc3)c3ccc(-c4ccc(N(c5ccccc5)c5ccc(/C=C/C6=CC(=C(/C)C#N)/C=C(C(C)(C)C)O6)cc5)cc4)cc3)cc2)OC(C(C)(C)C)=C\1. The van der Waals surface area contributed by atoms with E-state index in [4.69, 9.17) is 16.0 Å². The predicted octanol–water partition coefficient (Wildman–Crippen LogP) is 17.5. The molecule has 8 rings (SSSR count). The molecule has 0 fully saturated rings. The third-order valence-electron chi connectivity index (χ3n) is 12.0. The Balaban J connectivity index is 1.01. The fourth-order valence-corrected chi connectivity index (χ4v) is 8.00. The van der Waals surface area contributed by atoms with Gasteiger partial charge in [0.25, 0.3) is 5.70 Å². The lowest BCUT2D eigenvalue weighted by Gasteiger charge is -2.27. The van der Waals surface area contributed by atoms with Gasteiger partial charge < -0.3 is 19.3 Å². The average Bonchev–Trinajstić information content (AvgIpc) is 3.39. The van der Waals surface area contributed by atoms with Crippen LogP contribution >= 0.6 is 0 Å². The molecule has 71 heavy (non-hydrogen) atoms. The van der Waals surface area contributed by atoms with Crippen molar-refractivity contribution in [2.75, 3.05) is 9.80 Å². The van der Waals surface area contributed by atoms with Gasteiger partial charge in [-0.2, -0.15) is 5.26 Å². The second kappa shape index (κ2) is 21.1. The number of nitriles is 2. The Hall–Kier alpha value is -9.09. The number of ether oxygens (including phenoxy) is 2. The average molecular weight is 926 g/mol. The van der Waals surface area contributed by atoms with Crippen molar-refractivity contribution in [2.24, 2.45) is 10.8 Å². The molecule has 0 N–H and O–H groups in total. The predicted molar refractivity (Wildman–Crippen MR) is 290 cm³/mol. The van der Waals surface area contributed by atoms with Crippen molar-refractivity contribution in [3.05, 3.63) is 262 Å². The summed E-state index contributed by atoms with van der Waals surface area (Å²) in [5.74, 6) is 2.77. The molecule has 7 nitrogen and oxygen atoms in total. The van der Waals surface area contributed by atoms with Crippen LogP contribution in [-0.2, 0) is 9.47 Å². The largest absolute Gasteiger partial charge is 0.461 e. The maximum atomic E-state index is 9.60. The van der Waals surface area contributed by atoms with Gasteiger partial charge in [-0.3, -0.25) is 0 Å². The number of hydrogen-bond donors (Lipinski definition) is 0. The monoisotopic (exact) mass is 925 g/mol. The van der Waals surface area contributed by atoms with Crippen molar-refractivity contribution in [1.82, 2.24) is 0 Å². The quantitative estimate of drug-likeness (QED) is 0.0952. The van der Waals surface area contributed by atoms with E-state index in [1.54, 1.807) is 12.2 Å². The second-order valence-electron chi connectivity index (χ2n) is 19.3.